The predicted octanol–water partition coefficient (Wildman–Crippen LogP) is 4.94. The summed E-state index contributed by atoms with van der Waals surface area (Å²) >= 11 is 1.67. The van der Waals surface area contributed by atoms with Crippen molar-refractivity contribution >= 4 is 44.7 Å². The van der Waals surface area contributed by atoms with Crippen molar-refractivity contribution < 1.29 is 9.59 Å². The van der Waals surface area contributed by atoms with Crippen molar-refractivity contribution in [3.63, 3.8) is 0 Å². The van der Waals surface area contributed by atoms with Gasteiger partial charge in [-0.15, -0.1) is 11.3 Å². The fourth-order valence-corrected chi connectivity index (χ4v) is 4.68. The molecular formula is C22H21N3O2S. The Bertz CT molecular complexity index is 1020. The first kappa shape index (κ1) is 18.4. The van der Waals surface area contributed by atoms with Crippen LogP contribution < -0.4 is 10.6 Å². The number of thiazole rings is 1. The SMILES string of the molecule is CC(=O)Nc1cccc(NC(=O)C2CC=CCC2c2nc3ccccc3s2)c1. The summed E-state index contributed by atoms with van der Waals surface area (Å²) in [6, 6.07) is 15.3. The van der Waals surface area contributed by atoms with E-state index in [0.29, 0.717) is 17.8 Å². The molecule has 0 saturated carbocycles. The summed E-state index contributed by atoms with van der Waals surface area (Å²) < 4.78 is 1.15. The minimum atomic E-state index is -0.171. The van der Waals surface area contributed by atoms with Crippen molar-refractivity contribution in [1.29, 1.82) is 0 Å². The third-order valence-electron chi connectivity index (χ3n) is 4.85. The second-order valence-electron chi connectivity index (χ2n) is 6.93. The summed E-state index contributed by atoms with van der Waals surface area (Å²) in [5.74, 6) is -0.263. The molecule has 1 heterocycles. The molecule has 28 heavy (non-hydrogen) atoms. The van der Waals surface area contributed by atoms with Gasteiger partial charge in [0.15, 0.2) is 0 Å². The number of aromatic nitrogens is 1. The second-order valence-corrected chi connectivity index (χ2v) is 7.99. The number of rotatable bonds is 4. The number of carbonyl (C=O) groups is 2. The summed E-state index contributed by atoms with van der Waals surface area (Å²) in [7, 11) is 0. The Kier molecular flexibility index (Phi) is 5.21. The van der Waals surface area contributed by atoms with Crippen LogP contribution in [0, 0.1) is 5.92 Å². The molecule has 2 amide bonds. The van der Waals surface area contributed by atoms with Gasteiger partial charge in [0.05, 0.1) is 21.1 Å². The van der Waals surface area contributed by atoms with Crippen molar-refractivity contribution in [1.82, 2.24) is 4.98 Å². The van der Waals surface area contributed by atoms with E-state index in [0.717, 1.165) is 21.6 Å². The summed E-state index contributed by atoms with van der Waals surface area (Å²) in [6.07, 6.45) is 5.71. The van der Waals surface area contributed by atoms with E-state index in [2.05, 4.69) is 28.9 Å². The first-order chi connectivity index (χ1) is 13.6. The Hall–Kier alpha value is -2.99. The zero-order chi connectivity index (χ0) is 19.5. The molecule has 1 aliphatic carbocycles. The number of fused-ring (bicyclic) bond motifs is 1. The highest BCUT2D eigenvalue weighted by Gasteiger charge is 2.32. The zero-order valence-corrected chi connectivity index (χ0v) is 16.3. The molecule has 0 spiro atoms. The molecule has 6 heteroatoms. The molecule has 2 aromatic carbocycles. The lowest BCUT2D eigenvalue weighted by Gasteiger charge is -2.26. The van der Waals surface area contributed by atoms with E-state index in [9.17, 15) is 9.59 Å². The van der Waals surface area contributed by atoms with Gasteiger partial charge in [0.25, 0.3) is 0 Å². The lowest BCUT2D eigenvalue weighted by molar-refractivity contribution is -0.120. The van der Waals surface area contributed by atoms with E-state index < -0.39 is 0 Å². The molecule has 5 nitrogen and oxygen atoms in total. The Morgan fingerprint density at radius 2 is 1.75 bits per heavy atom. The fraction of sp³-hybridized carbons (Fsp3) is 0.227. The smallest absolute Gasteiger partial charge is 0.228 e. The molecule has 2 unspecified atom stereocenters. The van der Waals surface area contributed by atoms with Crippen LogP contribution in [0.25, 0.3) is 10.2 Å². The largest absolute Gasteiger partial charge is 0.326 e. The van der Waals surface area contributed by atoms with Gasteiger partial charge < -0.3 is 10.6 Å². The number of nitrogens with zero attached hydrogens (tertiary/aromatic N) is 1. The molecule has 3 aromatic rings. The van der Waals surface area contributed by atoms with Crippen LogP contribution in [0.4, 0.5) is 11.4 Å². The van der Waals surface area contributed by atoms with Gasteiger partial charge in [-0.3, -0.25) is 9.59 Å². The Morgan fingerprint density at radius 1 is 1.00 bits per heavy atom. The van der Waals surface area contributed by atoms with E-state index in [1.165, 1.54) is 6.92 Å². The predicted molar refractivity (Wildman–Crippen MR) is 114 cm³/mol. The number of anilines is 2. The molecule has 0 bridgehead atoms. The van der Waals surface area contributed by atoms with Gasteiger partial charge in [0, 0.05) is 24.2 Å². The lowest BCUT2D eigenvalue weighted by Crippen LogP contribution is -2.29. The molecule has 0 fully saturated rings. The number of para-hydroxylation sites is 1. The van der Waals surface area contributed by atoms with Crippen LogP contribution in [0.15, 0.2) is 60.7 Å². The molecule has 0 radical (unpaired) electrons. The van der Waals surface area contributed by atoms with Crippen molar-refractivity contribution in [2.24, 2.45) is 5.92 Å². The lowest BCUT2D eigenvalue weighted by atomic mass is 9.82. The van der Waals surface area contributed by atoms with Crippen LogP contribution in [0.2, 0.25) is 0 Å². The molecular weight excluding hydrogens is 370 g/mol. The van der Waals surface area contributed by atoms with Gasteiger partial charge in [0.1, 0.15) is 0 Å². The maximum absolute atomic E-state index is 13.0. The minimum Gasteiger partial charge on any atom is -0.326 e. The molecule has 1 aliphatic rings. The molecule has 4 rings (SSSR count). The Morgan fingerprint density at radius 3 is 2.54 bits per heavy atom. The number of amides is 2. The molecule has 2 N–H and O–H groups in total. The molecule has 0 saturated heterocycles. The van der Waals surface area contributed by atoms with E-state index in [4.69, 9.17) is 4.98 Å². The number of nitrogens with one attached hydrogen (secondary N) is 2. The van der Waals surface area contributed by atoms with Gasteiger partial charge in [-0.1, -0.05) is 30.4 Å². The summed E-state index contributed by atoms with van der Waals surface area (Å²) in [5, 5.41) is 6.76. The molecule has 2 atom stereocenters. The monoisotopic (exact) mass is 391 g/mol. The van der Waals surface area contributed by atoms with Crippen LogP contribution in [-0.2, 0) is 9.59 Å². The third-order valence-corrected chi connectivity index (χ3v) is 6.02. The van der Waals surface area contributed by atoms with Crippen LogP contribution in [0.1, 0.15) is 30.7 Å². The number of hydrogen-bond donors (Lipinski definition) is 2. The van der Waals surface area contributed by atoms with E-state index >= 15 is 0 Å². The van der Waals surface area contributed by atoms with Gasteiger partial charge in [-0.05, 0) is 43.2 Å². The Labute approximate surface area is 167 Å². The van der Waals surface area contributed by atoms with Gasteiger partial charge >= 0.3 is 0 Å². The zero-order valence-electron chi connectivity index (χ0n) is 15.5. The van der Waals surface area contributed by atoms with E-state index in [1.54, 1.807) is 23.5 Å². The number of hydrogen-bond acceptors (Lipinski definition) is 4. The summed E-state index contributed by atoms with van der Waals surface area (Å²) in [4.78, 5) is 29.1. The average molecular weight is 391 g/mol. The third kappa shape index (κ3) is 3.97. The normalized spacial score (nSPS) is 18.8. The van der Waals surface area contributed by atoms with Crippen molar-refractivity contribution in [3.05, 3.63) is 65.7 Å². The standard InChI is InChI=1S/C22H21N3O2S/c1-14(26)23-15-7-6-8-16(13-15)24-21(27)17-9-2-3-10-18(17)22-25-19-11-4-5-12-20(19)28-22/h2-8,11-13,17-18H,9-10H2,1H3,(H,23,26)(H,24,27). The maximum Gasteiger partial charge on any atom is 0.228 e. The van der Waals surface area contributed by atoms with E-state index in [1.807, 2.05) is 30.3 Å². The van der Waals surface area contributed by atoms with E-state index in [-0.39, 0.29) is 23.7 Å². The van der Waals surface area contributed by atoms with Gasteiger partial charge in [0.2, 0.25) is 11.8 Å². The van der Waals surface area contributed by atoms with Crippen LogP contribution in [0.5, 0.6) is 0 Å². The number of benzene rings is 2. The van der Waals surface area contributed by atoms with Crippen molar-refractivity contribution in [3.8, 4) is 0 Å². The van der Waals surface area contributed by atoms with Crippen molar-refractivity contribution in [2.45, 2.75) is 25.7 Å². The fourth-order valence-electron chi connectivity index (χ4n) is 3.54. The first-order valence-electron chi connectivity index (χ1n) is 9.29. The maximum atomic E-state index is 13.0. The molecule has 1 aromatic heterocycles. The van der Waals surface area contributed by atoms with Crippen LogP contribution in [-0.4, -0.2) is 16.8 Å². The minimum absolute atomic E-state index is 0.0198. The van der Waals surface area contributed by atoms with Crippen molar-refractivity contribution in [2.75, 3.05) is 10.6 Å². The summed E-state index contributed by atoms with van der Waals surface area (Å²) in [6.45, 7) is 1.46. The second kappa shape index (κ2) is 7.94. The number of carbonyl (C=O) groups excluding carboxylic acids is 2. The number of allylic oxidation sites excluding steroid dienone is 2. The Balaban J connectivity index is 1.55. The highest BCUT2D eigenvalue weighted by Crippen LogP contribution is 2.39. The van der Waals surface area contributed by atoms with Gasteiger partial charge in [-0.2, -0.15) is 0 Å². The first-order valence-corrected chi connectivity index (χ1v) is 10.1. The highest BCUT2D eigenvalue weighted by molar-refractivity contribution is 7.18. The average Bonchev–Trinajstić information content (AvgIpc) is 3.12. The molecule has 142 valence electrons. The topological polar surface area (TPSA) is 71.1 Å². The van der Waals surface area contributed by atoms with Gasteiger partial charge in [-0.25, -0.2) is 4.98 Å². The highest BCUT2D eigenvalue weighted by atomic mass is 32.1. The molecule has 0 aliphatic heterocycles. The summed E-state index contributed by atoms with van der Waals surface area (Å²) in [5.41, 5.74) is 2.32. The van der Waals surface area contributed by atoms with Crippen LogP contribution in [0.3, 0.4) is 0 Å². The quantitative estimate of drug-likeness (QED) is 0.619. The van der Waals surface area contributed by atoms with Crippen LogP contribution >= 0.6 is 11.3 Å².